The van der Waals surface area contributed by atoms with Gasteiger partial charge >= 0.3 is 39.5 Å². The molecular formula is C87H152O17P2. The number of rotatable bonds is 79. The lowest BCUT2D eigenvalue weighted by atomic mass is 10.0. The molecule has 0 rings (SSSR count). The summed E-state index contributed by atoms with van der Waals surface area (Å²) < 4.78 is 68.7. The van der Waals surface area contributed by atoms with E-state index in [1.807, 2.05) is 0 Å². The first-order valence-electron chi connectivity index (χ1n) is 42.1. The van der Waals surface area contributed by atoms with Crippen molar-refractivity contribution in [3.63, 3.8) is 0 Å². The van der Waals surface area contributed by atoms with Gasteiger partial charge in [-0.15, -0.1) is 0 Å². The minimum Gasteiger partial charge on any atom is -0.462 e. The van der Waals surface area contributed by atoms with Crippen LogP contribution in [-0.2, 0) is 65.4 Å². The van der Waals surface area contributed by atoms with E-state index in [2.05, 4.69) is 137 Å². The van der Waals surface area contributed by atoms with E-state index in [1.54, 1.807) is 0 Å². The highest BCUT2D eigenvalue weighted by molar-refractivity contribution is 7.47. The highest BCUT2D eigenvalue weighted by atomic mass is 31.2. The zero-order valence-corrected chi connectivity index (χ0v) is 68.9. The molecule has 0 aliphatic carbocycles. The van der Waals surface area contributed by atoms with Crippen molar-refractivity contribution in [1.29, 1.82) is 0 Å². The zero-order valence-electron chi connectivity index (χ0n) is 67.1. The van der Waals surface area contributed by atoms with Crippen molar-refractivity contribution < 1.29 is 80.2 Å². The molecule has 0 saturated heterocycles. The fraction of sp³-hybridized carbons (Fsp3) is 0.747. The molecule has 0 aromatic carbocycles. The van der Waals surface area contributed by atoms with Crippen molar-refractivity contribution in [2.75, 3.05) is 39.6 Å². The first-order chi connectivity index (χ1) is 51.7. The first-order valence-corrected chi connectivity index (χ1v) is 45.1. The van der Waals surface area contributed by atoms with E-state index in [-0.39, 0.29) is 25.7 Å². The quantitative estimate of drug-likeness (QED) is 0.0169. The number of hydrogen-bond acceptors (Lipinski definition) is 15. The van der Waals surface area contributed by atoms with Crippen molar-refractivity contribution in [1.82, 2.24) is 0 Å². The summed E-state index contributed by atoms with van der Waals surface area (Å²) in [5, 5.41) is 10.7. The Morgan fingerprint density at radius 3 is 0.764 bits per heavy atom. The highest BCUT2D eigenvalue weighted by Crippen LogP contribution is 2.45. The van der Waals surface area contributed by atoms with E-state index < -0.39 is 97.5 Å². The van der Waals surface area contributed by atoms with Crippen molar-refractivity contribution in [2.45, 2.75) is 380 Å². The molecule has 17 nitrogen and oxygen atoms in total. The highest BCUT2D eigenvalue weighted by Gasteiger charge is 2.30. The van der Waals surface area contributed by atoms with E-state index in [0.717, 1.165) is 167 Å². The molecule has 0 aliphatic heterocycles. The van der Waals surface area contributed by atoms with Crippen LogP contribution in [0.15, 0.2) is 109 Å². The maximum atomic E-state index is 13.1. The van der Waals surface area contributed by atoms with Gasteiger partial charge in [0.15, 0.2) is 12.2 Å². The summed E-state index contributed by atoms with van der Waals surface area (Å²) in [5.41, 5.74) is 0. The van der Waals surface area contributed by atoms with Crippen LogP contribution in [0.2, 0.25) is 0 Å². The molecule has 0 aromatic heterocycles. The summed E-state index contributed by atoms with van der Waals surface area (Å²) in [6.45, 7) is 4.66. The number of allylic oxidation sites excluding steroid dienone is 18. The largest absolute Gasteiger partial charge is 0.472 e. The van der Waals surface area contributed by atoms with Crippen LogP contribution < -0.4 is 0 Å². The second-order valence-corrected chi connectivity index (χ2v) is 30.9. The number of hydrogen-bond donors (Lipinski definition) is 3. The molecule has 0 radical (unpaired) electrons. The van der Waals surface area contributed by atoms with Gasteiger partial charge in [-0.3, -0.25) is 37.3 Å². The lowest BCUT2D eigenvalue weighted by Crippen LogP contribution is -2.30. The van der Waals surface area contributed by atoms with Crippen molar-refractivity contribution in [2.24, 2.45) is 0 Å². The molecule has 0 heterocycles. The molecule has 0 amide bonds. The predicted molar refractivity (Wildman–Crippen MR) is 436 cm³/mol. The Hall–Kier alpha value is -4.28. The number of aliphatic hydroxyl groups is 1. The summed E-state index contributed by atoms with van der Waals surface area (Å²) in [7, 11) is -9.97. The van der Waals surface area contributed by atoms with Crippen molar-refractivity contribution in [3.05, 3.63) is 109 Å². The SMILES string of the molecule is CC/C=C\C/C=C\C/C=C\C/C=C\C/C=C\CCCCCC(=O)OCC(COP(=O)(O)OCC(O)COP(=O)(O)OCC(COC(=O)CCCCCCCC/C=C\C/C=C\C/C=C\C/C=C\CC)OC(=O)CCCCCCCCCCCCCCCCC)OC(=O)CCCCCCCCCCCCCCC. The molecule has 0 saturated carbocycles. The Labute approximate surface area is 645 Å². The second-order valence-electron chi connectivity index (χ2n) is 28.0. The van der Waals surface area contributed by atoms with Gasteiger partial charge in [0.1, 0.15) is 19.3 Å². The van der Waals surface area contributed by atoms with Crippen molar-refractivity contribution >= 4 is 39.5 Å². The van der Waals surface area contributed by atoms with E-state index in [0.29, 0.717) is 25.7 Å². The van der Waals surface area contributed by atoms with E-state index in [4.69, 9.17) is 37.0 Å². The Bertz CT molecular complexity index is 2430. The minimum atomic E-state index is -4.98. The Kier molecular flexibility index (Phi) is 75.6. The molecule has 106 heavy (non-hydrogen) atoms. The summed E-state index contributed by atoms with van der Waals surface area (Å²) >= 11 is 0. The summed E-state index contributed by atoms with van der Waals surface area (Å²) in [6.07, 6.45) is 86.2. The van der Waals surface area contributed by atoms with Crippen LogP contribution in [0.1, 0.15) is 362 Å². The van der Waals surface area contributed by atoms with Crippen molar-refractivity contribution in [3.8, 4) is 0 Å². The monoisotopic (exact) mass is 1530 g/mol. The van der Waals surface area contributed by atoms with E-state index in [1.165, 1.54) is 116 Å². The van der Waals surface area contributed by atoms with Crippen LogP contribution in [0, 0.1) is 0 Å². The average Bonchev–Trinajstić information content (AvgIpc) is 0.901. The molecular weight excluding hydrogens is 1380 g/mol. The second kappa shape index (κ2) is 78.8. The third-order valence-corrected chi connectivity index (χ3v) is 19.7. The molecule has 19 heteroatoms. The number of aliphatic hydroxyl groups excluding tert-OH is 1. The third kappa shape index (κ3) is 77.9. The predicted octanol–water partition coefficient (Wildman–Crippen LogP) is 24.9. The average molecular weight is 1530 g/mol. The number of esters is 4. The van der Waals surface area contributed by atoms with Crippen LogP contribution in [0.3, 0.4) is 0 Å². The van der Waals surface area contributed by atoms with Crippen LogP contribution in [-0.4, -0.2) is 96.7 Å². The maximum absolute atomic E-state index is 13.1. The number of carbonyl (C=O) groups excluding carboxylic acids is 4. The fourth-order valence-corrected chi connectivity index (χ4v) is 13.0. The molecule has 0 bridgehead atoms. The van der Waals surface area contributed by atoms with Gasteiger partial charge in [-0.2, -0.15) is 0 Å². The van der Waals surface area contributed by atoms with E-state index >= 15 is 0 Å². The molecule has 0 spiro atoms. The van der Waals surface area contributed by atoms with Gasteiger partial charge in [-0.05, 0) is 109 Å². The number of phosphoric acid groups is 2. The standard InChI is InChI=1S/C87H152O17P2/c1-5-9-13-17-21-25-29-33-36-38-40-42-45-48-51-55-59-63-67-71-84(89)97-77-82(103-86(91)73-69-65-61-57-53-47-32-28-24-20-16-12-8-4)79-101-105(93,94)99-75-81(88)76-100-106(95,96)102-80-83(104-87(92)74-70-66-62-58-54-50-44-35-31-27-23-19-15-11-7-3)78-98-85(90)72-68-64-60-56-52-49-46-43-41-39-37-34-30-26-22-18-14-10-6-2/h9-10,13-14,21-22,25-26,33-34,36-37,40-43,48,51,81-83,88H,5-8,11-12,15-20,23-24,27-32,35,38-39,44-47,49-50,52-80H2,1-4H3,(H,93,94)(H,95,96)/b13-9-,14-10-,25-21-,26-22-,36-33-,37-34-,42-40-,43-41-,51-48-. The molecule has 3 N–H and O–H groups in total. The molecule has 5 unspecified atom stereocenters. The third-order valence-electron chi connectivity index (χ3n) is 17.8. The first kappa shape index (κ1) is 102. The summed E-state index contributed by atoms with van der Waals surface area (Å²) in [4.78, 5) is 73.2. The zero-order chi connectivity index (χ0) is 77.4. The minimum absolute atomic E-state index is 0.0900. The maximum Gasteiger partial charge on any atom is 0.472 e. The van der Waals surface area contributed by atoms with Crippen LogP contribution in [0.4, 0.5) is 0 Å². The fourth-order valence-electron chi connectivity index (χ4n) is 11.4. The number of ether oxygens (including phenoxy) is 4. The lowest BCUT2D eigenvalue weighted by Gasteiger charge is -2.21. The van der Waals surface area contributed by atoms with Gasteiger partial charge in [-0.25, -0.2) is 9.13 Å². The van der Waals surface area contributed by atoms with Gasteiger partial charge in [-0.1, -0.05) is 336 Å². The van der Waals surface area contributed by atoms with Gasteiger partial charge in [0, 0.05) is 25.7 Å². The van der Waals surface area contributed by atoms with Gasteiger partial charge in [0.25, 0.3) is 0 Å². The molecule has 0 aromatic rings. The Morgan fingerprint density at radius 2 is 0.491 bits per heavy atom. The Morgan fingerprint density at radius 1 is 0.274 bits per heavy atom. The molecule has 612 valence electrons. The van der Waals surface area contributed by atoms with Gasteiger partial charge < -0.3 is 33.8 Å². The topological polar surface area (TPSA) is 237 Å². The molecule has 0 aliphatic rings. The smallest absolute Gasteiger partial charge is 0.462 e. The number of carbonyl (C=O) groups is 4. The van der Waals surface area contributed by atoms with Gasteiger partial charge in [0.05, 0.1) is 26.4 Å². The number of phosphoric ester groups is 2. The lowest BCUT2D eigenvalue weighted by molar-refractivity contribution is -0.161. The molecule has 0 fully saturated rings. The number of unbranched alkanes of at least 4 members (excludes halogenated alkanes) is 35. The van der Waals surface area contributed by atoms with Crippen LogP contribution >= 0.6 is 15.6 Å². The Balaban J connectivity index is 5.36. The van der Waals surface area contributed by atoms with Crippen LogP contribution in [0.5, 0.6) is 0 Å². The molecule has 5 atom stereocenters. The normalized spacial score (nSPS) is 14.4. The van der Waals surface area contributed by atoms with Crippen LogP contribution in [0.25, 0.3) is 0 Å². The van der Waals surface area contributed by atoms with E-state index in [9.17, 15) is 43.2 Å². The summed E-state index contributed by atoms with van der Waals surface area (Å²) in [5.74, 6) is -2.20. The van der Waals surface area contributed by atoms with Gasteiger partial charge in [0.2, 0.25) is 0 Å². The summed E-state index contributed by atoms with van der Waals surface area (Å²) in [6, 6.07) is 0.